The fourth-order valence-electron chi connectivity index (χ4n) is 5.72. The van der Waals surface area contributed by atoms with E-state index in [0.29, 0.717) is 38.9 Å². The first-order valence-corrected chi connectivity index (χ1v) is 13.1. The second kappa shape index (κ2) is 11.3. The van der Waals surface area contributed by atoms with E-state index in [1.807, 2.05) is 0 Å². The number of esters is 1. The van der Waals surface area contributed by atoms with Crippen molar-refractivity contribution in [1.29, 1.82) is 0 Å². The van der Waals surface area contributed by atoms with E-state index >= 15 is 0 Å². The zero-order chi connectivity index (χ0) is 24.2. The minimum Gasteiger partial charge on any atom is -0.466 e. The van der Waals surface area contributed by atoms with Gasteiger partial charge < -0.3 is 24.4 Å². The Hall–Kier alpha value is -1.45. The Morgan fingerprint density at radius 3 is 2.73 bits per heavy atom. The number of amides is 2. The molecule has 8 nitrogen and oxygen atoms in total. The molecule has 6 atom stereocenters. The largest absolute Gasteiger partial charge is 0.466 e. The van der Waals surface area contributed by atoms with E-state index in [9.17, 15) is 19.5 Å². The van der Waals surface area contributed by atoms with Gasteiger partial charge in [-0.3, -0.25) is 14.4 Å². The number of aliphatic hydroxyl groups is 1. The van der Waals surface area contributed by atoms with Gasteiger partial charge >= 0.3 is 5.97 Å². The second-order valence-electron chi connectivity index (χ2n) is 9.16. The average molecular weight is 529 g/mol. The fourth-order valence-corrected chi connectivity index (χ4v) is 6.67. The molecule has 33 heavy (non-hydrogen) atoms. The van der Waals surface area contributed by atoms with Gasteiger partial charge in [0.1, 0.15) is 11.6 Å². The van der Waals surface area contributed by atoms with Gasteiger partial charge in [0.2, 0.25) is 11.8 Å². The van der Waals surface area contributed by atoms with Crippen molar-refractivity contribution in [3.63, 3.8) is 0 Å². The zero-order valence-corrected chi connectivity index (χ0v) is 21.3. The summed E-state index contributed by atoms with van der Waals surface area (Å²) >= 11 is 3.65. The lowest BCUT2D eigenvalue weighted by Crippen LogP contribution is -2.57. The van der Waals surface area contributed by atoms with Crippen molar-refractivity contribution >= 4 is 33.7 Å². The molecule has 1 N–H and O–H groups in total. The summed E-state index contributed by atoms with van der Waals surface area (Å²) in [5.41, 5.74) is -1.06. The second-order valence-corrected chi connectivity index (χ2v) is 10.3. The third-order valence-electron chi connectivity index (χ3n) is 7.08. The number of nitrogens with zero attached hydrogens (tertiary/aromatic N) is 2. The standard InChI is InChI=1S/C24H37BrN2O6/c1-4-7-8-12-26(11-5-2)22(30)20-24-15-16(25)19(33-24)17(23(31)32-6-3)18(24)21(29)27(20)13-9-10-14-28/h5,16-20,28H,2,4,6-15H2,1,3H3/t16?,17-,18+,19-,20-,24+/m0/s1. The molecule has 3 aliphatic heterocycles. The molecule has 0 saturated carbocycles. The highest BCUT2D eigenvalue weighted by molar-refractivity contribution is 9.09. The third-order valence-corrected chi connectivity index (χ3v) is 7.93. The van der Waals surface area contributed by atoms with Crippen LogP contribution in [0.15, 0.2) is 12.7 Å². The maximum Gasteiger partial charge on any atom is 0.312 e. The normalized spacial score (nSPS) is 32.2. The molecular formula is C24H37BrN2O6. The molecule has 0 aliphatic carbocycles. The highest BCUT2D eigenvalue weighted by atomic mass is 79.9. The molecule has 0 aromatic heterocycles. The number of aliphatic hydroxyl groups excluding tert-OH is 1. The Kier molecular flexibility index (Phi) is 8.97. The summed E-state index contributed by atoms with van der Waals surface area (Å²) < 4.78 is 11.7. The predicted molar refractivity (Wildman–Crippen MR) is 127 cm³/mol. The number of rotatable bonds is 13. The number of hydrogen-bond acceptors (Lipinski definition) is 6. The summed E-state index contributed by atoms with van der Waals surface area (Å²) in [7, 11) is 0. The Morgan fingerprint density at radius 1 is 1.33 bits per heavy atom. The quantitative estimate of drug-likeness (QED) is 0.170. The number of carbonyl (C=O) groups is 3. The minimum atomic E-state index is -1.06. The fraction of sp³-hybridized carbons (Fsp3) is 0.792. The lowest BCUT2D eigenvalue weighted by atomic mass is 9.70. The average Bonchev–Trinajstić information content (AvgIpc) is 3.37. The molecule has 3 saturated heterocycles. The van der Waals surface area contributed by atoms with Crippen LogP contribution < -0.4 is 0 Å². The van der Waals surface area contributed by atoms with Crippen LogP contribution in [-0.4, -0.2) is 88.1 Å². The van der Waals surface area contributed by atoms with Crippen LogP contribution in [0.4, 0.5) is 0 Å². The lowest BCUT2D eigenvalue weighted by Gasteiger charge is -2.37. The molecule has 186 valence electrons. The van der Waals surface area contributed by atoms with Gasteiger partial charge in [0.15, 0.2) is 0 Å². The van der Waals surface area contributed by atoms with Gasteiger partial charge in [0, 0.05) is 31.1 Å². The van der Waals surface area contributed by atoms with Crippen molar-refractivity contribution < 1.29 is 29.0 Å². The van der Waals surface area contributed by atoms with Gasteiger partial charge in [-0.2, -0.15) is 0 Å². The van der Waals surface area contributed by atoms with Gasteiger partial charge in [-0.15, -0.1) is 6.58 Å². The number of halogens is 1. The molecule has 3 rings (SSSR count). The molecule has 3 heterocycles. The van der Waals surface area contributed by atoms with E-state index in [4.69, 9.17) is 9.47 Å². The topological polar surface area (TPSA) is 96.4 Å². The van der Waals surface area contributed by atoms with E-state index in [0.717, 1.165) is 19.3 Å². The molecule has 1 unspecified atom stereocenters. The molecule has 2 amide bonds. The first kappa shape index (κ1) is 26.2. The van der Waals surface area contributed by atoms with Gasteiger partial charge in [-0.25, -0.2) is 0 Å². The highest BCUT2D eigenvalue weighted by Crippen LogP contribution is 2.60. The Balaban J connectivity index is 1.98. The molecular weight excluding hydrogens is 492 g/mol. The number of carbonyl (C=O) groups excluding carboxylic acids is 3. The number of hydrogen-bond donors (Lipinski definition) is 1. The molecule has 2 bridgehead atoms. The number of likely N-dealkylation sites (tertiary alicyclic amines) is 1. The Labute approximate surface area is 204 Å². The number of alkyl halides is 1. The van der Waals surface area contributed by atoms with Crippen LogP contribution in [0.5, 0.6) is 0 Å². The maximum atomic E-state index is 14.0. The predicted octanol–water partition coefficient (Wildman–Crippen LogP) is 2.27. The van der Waals surface area contributed by atoms with Gasteiger partial charge in [-0.05, 0) is 32.6 Å². The van der Waals surface area contributed by atoms with Crippen LogP contribution in [0.3, 0.4) is 0 Å². The first-order valence-electron chi connectivity index (χ1n) is 12.2. The van der Waals surface area contributed by atoms with Crippen LogP contribution >= 0.6 is 15.9 Å². The number of ether oxygens (including phenoxy) is 2. The van der Waals surface area contributed by atoms with Crippen molar-refractivity contribution in [3.8, 4) is 0 Å². The van der Waals surface area contributed by atoms with Crippen LogP contribution in [0.1, 0.15) is 52.4 Å². The van der Waals surface area contributed by atoms with Gasteiger partial charge in [-0.1, -0.05) is 41.8 Å². The molecule has 0 aromatic rings. The smallest absolute Gasteiger partial charge is 0.312 e. The SMILES string of the molecule is C=CCN(CCCCC)C(=O)[C@@H]1N(CCCCO)C(=O)[C@H]2[C@H](C(=O)OCC)[C@H]3O[C@@]12CC3Br. The van der Waals surface area contributed by atoms with Crippen LogP contribution in [0.2, 0.25) is 0 Å². The van der Waals surface area contributed by atoms with E-state index in [2.05, 4.69) is 29.4 Å². The van der Waals surface area contributed by atoms with Crippen LogP contribution in [-0.2, 0) is 23.9 Å². The summed E-state index contributed by atoms with van der Waals surface area (Å²) in [5, 5.41) is 9.25. The number of fused-ring (bicyclic) bond motifs is 1. The summed E-state index contributed by atoms with van der Waals surface area (Å²) in [5.74, 6) is -2.29. The molecule has 1 spiro atoms. The molecule has 3 aliphatic rings. The van der Waals surface area contributed by atoms with E-state index in [-0.39, 0.29) is 29.9 Å². The van der Waals surface area contributed by atoms with Crippen molar-refractivity contribution in [2.75, 3.05) is 32.8 Å². The van der Waals surface area contributed by atoms with Crippen molar-refractivity contribution in [2.24, 2.45) is 11.8 Å². The summed E-state index contributed by atoms with van der Waals surface area (Å²) in [4.78, 5) is 43.8. The molecule has 0 radical (unpaired) electrons. The summed E-state index contributed by atoms with van der Waals surface area (Å²) in [6, 6.07) is -0.806. The zero-order valence-electron chi connectivity index (χ0n) is 19.7. The van der Waals surface area contributed by atoms with E-state index in [1.165, 1.54) is 0 Å². The Morgan fingerprint density at radius 2 is 2.09 bits per heavy atom. The first-order chi connectivity index (χ1) is 15.9. The molecule has 9 heteroatoms. The Bertz CT molecular complexity index is 748. The van der Waals surface area contributed by atoms with Gasteiger partial charge in [0.25, 0.3) is 0 Å². The molecule has 3 fully saturated rings. The number of unbranched alkanes of at least 4 members (excludes halogenated alkanes) is 3. The van der Waals surface area contributed by atoms with Crippen molar-refractivity contribution in [3.05, 3.63) is 12.7 Å². The summed E-state index contributed by atoms with van der Waals surface area (Å²) in [6.45, 7) is 9.20. The monoisotopic (exact) mass is 528 g/mol. The van der Waals surface area contributed by atoms with Crippen LogP contribution in [0, 0.1) is 11.8 Å². The third kappa shape index (κ3) is 4.73. The van der Waals surface area contributed by atoms with Crippen molar-refractivity contribution in [1.82, 2.24) is 9.80 Å². The maximum absolute atomic E-state index is 14.0. The van der Waals surface area contributed by atoms with E-state index < -0.39 is 35.6 Å². The van der Waals surface area contributed by atoms with E-state index in [1.54, 1.807) is 22.8 Å². The highest BCUT2D eigenvalue weighted by Gasteiger charge is 2.76. The lowest BCUT2D eigenvalue weighted by molar-refractivity contribution is -0.154. The molecule has 0 aromatic carbocycles. The minimum absolute atomic E-state index is 0.0162. The van der Waals surface area contributed by atoms with Gasteiger partial charge in [0.05, 0.1) is 24.5 Å². The summed E-state index contributed by atoms with van der Waals surface area (Å²) in [6.07, 6.45) is 5.69. The van der Waals surface area contributed by atoms with Crippen LogP contribution in [0.25, 0.3) is 0 Å². The van der Waals surface area contributed by atoms with Crippen molar-refractivity contribution in [2.45, 2.75) is 74.9 Å².